The average molecular weight is 354 g/mol. The molecule has 0 amide bonds. The Balaban J connectivity index is -0.000000367. The summed E-state index contributed by atoms with van der Waals surface area (Å²) in [6.45, 7) is 14.3. The molecule has 0 saturated carbocycles. The normalized spacial score (nSPS) is 15.1. The second-order valence-corrected chi connectivity index (χ2v) is 8.27. The van der Waals surface area contributed by atoms with Crippen molar-refractivity contribution >= 4 is 12.5 Å². The summed E-state index contributed by atoms with van der Waals surface area (Å²) in [5.74, 6) is 0.286. The predicted octanol–water partition coefficient (Wildman–Crippen LogP) is 7.53. The summed E-state index contributed by atoms with van der Waals surface area (Å²) in [7, 11) is 0. The van der Waals surface area contributed by atoms with Gasteiger partial charge in [-0.15, -0.1) is 0 Å². The minimum atomic E-state index is 0. The Hall–Kier alpha value is -0.605. The first-order chi connectivity index (χ1) is 10.8. The van der Waals surface area contributed by atoms with E-state index in [-0.39, 0.29) is 23.5 Å². The highest BCUT2D eigenvalue weighted by molar-refractivity contribution is 6.58. The molecule has 0 fully saturated rings. The van der Waals surface area contributed by atoms with Crippen LogP contribution in [0.4, 0.5) is 0 Å². The highest BCUT2D eigenvalue weighted by Gasteiger charge is 2.25. The zero-order valence-electron chi connectivity index (χ0n) is 18.3. The Kier molecular flexibility index (Phi) is 19.6. The molecule has 0 aromatic heterocycles. The molecule has 6 N–H and O–H groups in total. The van der Waals surface area contributed by atoms with Crippen molar-refractivity contribution < 1.29 is 4.79 Å². The quantitative estimate of drug-likeness (QED) is 0.419. The van der Waals surface area contributed by atoms with Gasteiger partial charge in [-0.3, -0.25) is 4.79 Å². The van der Waals surface area contributed by atoms with Crippen molar-refractivity contribution in [3.8, 4) is 0 Å². The number of hydrogen-bond acceptors (Lipinski definition) is 3. The summed E-state index contributed by atoms with van der Waals surface area (Å²) in [5.41, 5.74) is 1.43. The zero-order chi connectivity index (χ0) is 17.7. The van der Waals surface area contributed by atoms with E-state index in [1.165, 1.54) is 63.1 Å². The van der Waals surface area contributed by atoms with E-state index in [1.807, 2.05) is 6.92 Å². The number of carbonyl (C=O) groups is 1. The van der Waals surface area contributed by atoms with Crippen LogP contribution in [0.3, 0.4) is 0 Å². The molecular weight excluding hydrogens is 307 g/mol. The monoisotopic (exact) mass is 354 g/mol. The Bertz CT molecular complexity index is 335. The Morgan fingerprint density at radius 3 is 1.56 bits per heavy atom. The van der Waals surface area contributed by atoms with E-state index in [2.05, 4.69) is 34.6 Å². The maximum Gasteiger partial charge on any atom is 0.156 e. The molecule has 0 unspecified atom stereocenters. The molecule has 4 heteroatoms. The van der Waals surface area contributed by atoms with Crippen LogP contribution < -0.4 is 12.3 Å². The Labute approximate surface area is 159 Å². The van der Waals surface area contributed by atoms with Crippen LogP contribution >= 0.6 is 0 Å². The van der Waals surface area contributed by atoms with E-state index >= 15 is 0 Å². The van der Waals surface area contributed by atoms with Gasteiger partial charge in [0.15, 0.2) is 5.78 Å². The van der Waals surface area contributed by atoms with Crippen LogP contribution in [-0.4, -0.2) is 12.5 Å². The predicted molar refractivity (Wildman–Crippen MR) is 117 cm³/mol. The number of hydrogen-bond donors (Lipinski definition) is 2. The maximum atomic E-state index is 11.0. The molecule has 1 aliphatic carbocycles. The molecule has 0 heterocycles. The summed E-state index contributed by atoms with van der Waals surface area (Å²) in [6.07, 6.45) is 16.4. The third-order valence-electron chi connectivity index (χ3n) is 4.72. The smallest absolute Gasteiger partial charge is 0.156 e. The minimum Gasteiger partial charge on any atom is -0.344 e. The number of carbonyl (C=O) groups excluding carboxylic acids is 1. The van der Waals surface area contributed by atoms with Gasteiger partial charge in [-0.25, -0.2) is 0 Å². The van der Waals surface area contributed by atoms with E-state index in [9.17, 15) is 4.79 Å². The zero-order valence-corrected chi connectivity index (χ0v) is 18.3. The fourth-order valence-corrected chi connectivity index (χ4v) is 3.58. The third-order valence-corrected chi connectivity index (χ3v) is 4.72. The van der Waals surface area contributed by atoms with Gasteiger partial charge < -0.3 is 12.3 Å². The van der Waals surface area contributed by atoms with E-state index in [0.717, 1.165) is 13.1 Å². The van der Waals surface area contributed by atoms with Crippen LogP contribution in [0.1, 0.15) is 92.9 Å². The second-order valence-electron chi connectivity index (χ2n) is 8.27. The number of allylic oxidation sites excluding steroid dienone is 2. The van der Waals surface area contributed by atoms with Crippen molar-refractivity contribution in [2.45, 2.75) is 112 Å². The largest absolute Gasteiger partial charge is 0.344 e. The van der Waals surface area contributed by atoms with Crippen molar-refractivity contribution in [3.05, 3.63) is 11.6 Å². The number of unbranched alkanes of at least 4 members (excludes halogenated alkanes) is 3. The molecule has 1 rings (SSSR count). The van der Waals surface area contributed by atoms with E-state index in [0.29, 0.717) is 6.42 Å². The molecule has 25 heavy (non-hydrogen) atoms. The van der Waals surface area contributed by atoms with Crippen molar-refractivity contribution in [2.24, 2.45) is 5.41 Å². The summed E-state index contributed by atoms with van der Waals surface area (Å²) in [6, 6.07) is 0. The highest BCUT2D eigenvalue weighted by Crippen LogP contribution is 2.32. The van der Waals surface area contributed by atoms with E-state index in [1.54, 1.807) is 6.08 Å². The van der Waals surface area contributed by atoms with Crippen molar-refractivity contribution in [1.82, 2.24) is 12.3 Å². The fourth-order valence-electron chi connectivity index (χ4n) is 3.58. The van der Waals surface area contributed by atoms with Crippen LogP contribution in [0.25, 0.3) is 0 Å². The molecule has 1 aliphatic rings. The van der Waals surface area contributed by atoms with Gasteiger partial charge in [0.1, 0.15) is 6.71 Å². The second kappa shape index (κ2) is 16.8. The van der Waals surface area contributed by atoms with E-state index in [4.69, 9.17) is 0 Å². The lowest BCUT2D eigenvalue weighted by molar-refractivity contribution is -0.117. The summed E-state index contributed by atoms with van der Waals surface area (Å²) in [5, 5.41) is 0. The summed E-state index contributed by atoms with van der Waals surface area (Å²) in [4.78, 5) is 11.0. The molecule has 0 radical (unpaired) electrons. The number of ketones is 1. The molecule has 0 bridgehead atoms. The number of rotatable bonds is 9. The molecular formula is C21H47BN2O. The van der Waals surface area contributed by atoms with Gasteiger partial charge >= 0.3 is 0 Å². The SMILES string of the molecule is CC1=CC(=O)CC(C)(C)C1.CCCCB(CCCC)CCCC.N.N. The summed E-state index contributed by atoms with van der Waals surface area (Å²) >= 11 is 0. The average Bonchev–Trinajstić information content (AvgIpc) is 2.44. The Morgan fingerprint density at radius 1 is 0.880 bits per heavy atom. The standard InChI is InChI=1S/C12H27B.C9H14O.2H3N/c1-4-7-10-13(11-8-5-2)12-9-6-3;1-7-4-8(10)6-9(2,3)5-7;;/h4-12H2,1-3H3;4H,5-6H2,1-3H3;2*1H3. The molecule has 0 aliphatic heterocycles. The van der Waals surface area contributed by atoms with Gasteiger partial charge in [-0.2, -0.15) is 0 Å². The Morgan fingerprint density at radius 2 is 1.28 bits per heavy atom. The van der Waals surface area contributed by atoms with Gasteiger partial charge in [-0.05, 0) is 24.8 Å². The maximum absolute atomic E-state index is 11.0. The van der Waals surface area contributed by atoms with Gasteiger partial charge in [-0.1, -0.05) is 97.7 Å². The van der Waals surface area contributed by atoms with E-state index < -0.39 is 0 Å². The van der Waals surface area contributed by atoms with Crippen LogP contribution in [0.5, 0.6) is 0 Å². The topological polar surface area (TPSA) is 87.1 Å². The van der Waals surface area contributed by atoms with Crippen molar-refractivity contribution in [2.75, 3.05) is 0 Å². The summed E-state index contributed by atoms with van der Waals surface area (Å²) < 4.78 is 0. The minimum absolute atomic E-state index is 0. The van der Waals surface area contributed by atoms with Crippen LogP contribution in [0, 0.1) is 5.41 Å². The van der Waals surface area contributed by atoms with Gasteiger partial charge in [0.25, 0.3) is 0 Å². The highest BCUT2D eigenvalue weighted by atomic mass is 16.1. The molecule has 0 atom stereocenters. The third kappa shape index (κ3) is 16.6. The lowest BCUT2D eigenvalue weighted by atomic mass is 9.41. The molecule has 3 nitrogen and oxygen atoms in total. The van der Waals surface area contributed by atoms with Crippen LogP contribution in [0.2, 0.25) is 19.0 Å². The lowest BCUT2D eigenvalue weighted by Gasteiger charge is -2.27. The first kappa shape index (κ1) is 29.2. The first-order valence-electron chi connectivity index (χ1n) is 10.0. The lowest BCUT2D eigenvalue weighted by Crippen LogP contribution is -2.20. The molecule has 0 aromatic carbocycles. The van der Waals surface area contributed by atoms with Crippen LogP contribution in [0.15, 0.2) is 11.6 Å². The van der Waals surface area contributed by atoms with Crippen molar-refractivity contribution in [1.29, 1.82) is 0 Å². The molecule has 150 valence electrons. The molecule has 0 aromatic rings. The first-order valence-corrected chi connectivity index (χ1v) is 10.0. The molecule has 0 saturated heterocycles. The van der Waals surface area contributed by atoms with Gasteiger partial charge in [0.05, 0.1) is 0 Å². The van der Waals surface area contributed by atoms with Gasteiger partial charge in [0.2, 0.25) is 0 Å². The van der Waals surface area contributed by atoms with Crippen molar-refractivity contribution in [3.63, 3.8) is 0 Å². The van der Waals surface area contributed by atoms with Crippen LogP contribution in [-0.2, 0) is 4.79 Å². The molecule has 0 spiro atoms. The fraction of sp³-hybridized carbons (Fsp3) is 0.857. The van der Waals surface area contributed by atoms with Gasteiger partial charge in [0, 0.05) is 6.42 Å².